The van der Waals surface area contributed by atoms with Crippen LogP contribution in [0.15, 0.2) is 10.6 Å². The third-order valence-corrected chi connectivity index (χ3v) is 4.86. The number of nitrogens with zero attached hydrogens (tertiary/aromatic N) is 2. The van der Waals surface area contributed by atoms with Crippen molar-refractivity contribution >= 4 is 0 Å². The first-order valence-electron chi connectivity index (χ1n) is 8.23. The van der Waals surface area contributed by atoms with Gasteiger partial charge in [0.05, 0.1) is 37.6 Å². The van der Waals surface area contributed by atoms with E-state index in [1.165, 1.54) is 32.1 Å². The molecule has 0 spiro atoms. The zero-order valence-corrected chi connectivity index (χ0v) is 12.8. The Hall–Kier alpha value is -0.910. The average molecular weight is 294 g/mol. The summed E-state index contributed by atoms with van der Waals surface area (Å²) < 4.78 is 10.9. The fourth-order valence-corrected chi connectivity index (χ4v) is 3.54. The lowest BCUT2D eigenvalue weighted by Crippen LogP contribution is -2.42. The normalized spacial score (nSPS) is 27.6. The molecule has 1 saturated carbocycles. The first-order chi connectivity index (χ1) is 10.3. The van der Waals surface area contributed by atoms with Crippen LogP contribution in [0, 0.1) is 0 Å². The Balaban J connectivity index is 1.62. The van der Waals surface area contributed by atoms with Crippen molar-refractivity contribution in [2.45, 2.75) is 63.6 Å². The molecule has 0 radical (unpaired) electrons. The summed E-state index contributed by atoms with van der Waals surface area (Å²) in [5, 5.41) is 14.2. The minimum Gasteiger partial charge on any atom is -0.389 e. The summed E-state index contributed by atoms with van der Waals surface area (Å²) >= 11 is 0. The first kappa shape index (κ1) is 15.0. The highest BCUT2D eigenvalue weighted by Crippen LogP contribution is 2.32. The quantitative estimate of drug-likeness (QED) is 0.903. The van der Waals surface area contributed by atoms with Crippen LogP contribution in [0.25, 0.3) is 0 Å². The fourth-order valence-electron chi connectivity index (χ4n) is 3.54. The van der Waals surface area contributed by atoms with Gasteiger partial charge in [0.2, 0.25) is 0 Å². The molecule has 1 N–H and O–H groups in total. The van der Waals surface area contributed by atoms with E-state index in [2.05, 4.69) is 23.0 Å². The largest absolute Gasteiger partial charge is 0.389 e. The summed E-state index contributed by atoms with van der Waals surface area (Å²) in [7, 11) is 0. The molecule has 1 aromatic heterocycles. The fraction of sp³-hybridized carbons (Fsp3) is 0.812. The van der Waals surface area contributed by atoms with E-state index in [0.29, 0.717) is 25.7 Å². The molecule has 1 aromatic rings. The van der Waals surface area contributed by atoms with Gasteiger partial charge in [0.1, 0.15) is 0 Å². The van der Waals surface area contributed by atoms with Crippen LogP contribution in [-0.2, 0) is 11.3 Å². The Labute approximate surface area is 126 Å². The van der Waals surface area contributed by atoms with Crippen LogP contribution in [0.4, 0.5) is 0 Å². The van der Waals surface area contributed by atoms with E-state index in [1.54, 1.807) is 0 Å². The van der Waals surface area contributed by atoms with Crippen molar-refractivity contribution in [3.05, 3.63) is 17.5 Å². The number of hydrogen-bond donors (Lipinski definition) is 1. The van der Waals surface area contributed by atoms with Crippen LogP contribution in [0.1, 0.15) is 56.4 Å². The second-order valence-electron chi connectivity index (χ2n) is 6.29. The number of ether oxygens (including phenoxy) is 1. The Morgan fingerprint density at radius 1 is 1.29 bits per heavy atom. The lowest BCUT2D eigenvalue weighted by atomic mass is 9.87. The van der Waals surface area contributed by atoms with Crippen molar-refractivity contribution in [2.75, 3.05) is 19.8 Å². The molecule has 1 aliphatic heterocycles. The van der Waals surface area contributed by atoms with E-state index in [1.807, 2.05) is 0 Å². The first-order valence-corrected chi connectivity index (χ1v) is 8.23. The van der Waals surface area contributed by atoms with Gasteiger partial charge in [-0.1, -0.05) is 31.3 Å². The third kappa shape index (κ3) is 3.47. The van der Waals surface area contributed by atoms with Crippen LogP contribution in [0.2, 0.25) is 0 Å². The monoisotopic (exact) mass is 294 g/mol. The highest BCUT2D eigenvalue weighted by atomic mass is 16.5. The van der Waals surface area contributed by atoms with Gasteiger partial charge in [-0.2, -0.15) is 0 Å². The summed E-state index contributed by atoms with van der Waals surface area (Å²) in [5.41, 5.74) is 1.11. The Morgan fingerprint density at radius 3 is 2.76 bits per heavy atom. The van der Waals surface area contributed by atoms with Crippen molar-refractivity contribution in [1.82, 2.24) is 10.1 Å². The molecule has 5 heteroatoms. The highest BCUT2D eigenvalue weighted by molar-refractivity contribution is 5.11. The van der Waals surface area contributed by atoms with E-state index < -0.39 is 6.10 Å². The van der Waals surface area contributed by atoms with Crippen molar-refractivity contribution in [1.29, 1.82) is 0 Å². The van der Waals surface area contributed by atoms with E-state index in [0.717, 1.165) is 18.0 Å². The van der Waals surface area contributed by atoms with E-state index >= 15 is 0 Å². The van der Waals surface area contributed by atoms with Gasteiger partial charge < -0.3 is 14.4 Å². The smallest absolute Gasteiger partial charge is 0.150 e. The molecule has 21 heavy (non-hydrogen) atoms. The van der Waals surface area contributed by atoms with Crippen molar-refractivity contribution in [3.63, 3.8) is 0 Å². The summed E-state index contributed by atoms with van der Waals surface area (Å²) in [6.45, 7) is 4.69. The maximum absolute atomic E-state index is 9.96. The Kier molecular flexibility index (Phi) is 4.93. The third-order valence-electron chi connectivity index (χ3n) is 4.86. The molecule has 1 saturated heterocycles. The second kappa shape index (κ2) is 6.90. The molecular weight excluding hydrogens is 268 g/mol. The Bertz CT molecular complexity index is 442. The van der Waals surface area contributed by atoms with Gasteiger partial charge in [0, 0.05) is 12.0 Å². The number of rotatable bonds is 5. The Morgan fingerprint density at radius 2 is 2.10 bits per heavy atom. The van der Waals surface area contributed by atoms with Gasteiger partial charge >= 0.3 is 0 Å². The van der Waals surface area contributed by atoms with Crippen LogP contribution in [0.3, 0.4) is 0 Å². The maximum atomic E-state index is 9.96. The molecule has 0 aromatic carbocycles. The molecule has 118 valence electrons. The maximum Gasteiger partial charge on any atom is 0.150 e. The van der Waals surface area contributed by atoms with Crippen LogP contribution < -0.4 is 0 Å². The summed E-state index contributed by atoms with van der Waals surface area (Å²) in [4.78, 5) is 2.21. The molecule has 5 nitrogen and oxygen atoms in total. The van der Waals surface area contributed by atoms with Crippen LogP contribution in [0.5, 0.6) is 0 Å². The number of aliphatic hydroxyl groups excluding tert-OH is 1. The van der Waals surface area contributed by atoms with Gasteiger partial charge in [0.25, 0.3) is 0 Å². The van der Waals surface area contributed by atoms with E-state index in [-0.39, 0.29) is 6.04 Å². The molecule has 2 atom stereocenters. The number of aliphatic hydroxyl groups is 1. The van der Waals surface area contributed by atoms with Gasteiger partial charge in [-0.15, -0.1) is 0 Å². The SMILES string of the molecule is CCN(Cc1cc(C2CCCCC2)no1)[C@H]1COC[C@@H]1O. The molecular formula is C16H26N2O3. The van der Waals surface area contributed by atoms with E-state index in [9.17, 15) is 5.11 Å². The van der Waals surface area contributed by atoms with E-state index in [4.69, 9.17) is 9.26 Å². The van der Waals surface area contributed by atoms with Gasteiger partial charge in [0.15, 0.2) is 5.76 Å². The lowest BCUT2D eigenvalue weighted by molar-refractivity contribution is 0.0755. The minimum absolute atomic E-state index is 0.0678. The summed E-state index contributed by atoms with van der Waals surface area (Å²) in [6, 6.07) is 2.18. The van der Waals surface area contributed by atoms with Crippen LogP contribution in [-0.4, -0.2) is 47.1 Å². The predicted octanol–water partition coefficient (Wildman–Crippen LogP) is 2.30. The number of aromatic nitrogens is 1. The zero-order chi connectivity index (χ0) is 14.7. The lowest BCUT2D eigenvalue weighted by Gasteiger charge is -2.27. The topological polar surface area (TPSA) is 58.7 Å². The standard InChI is InChI=1S/C16H26N2O3/c1-2-18(15-10-20-11-16(15)19)9-13-8-14(17-21-13)12-6-4-3-5-7-12/h8,12,15-16,19H,2-7,9-11H2,1H3/t15-,16-/m0/s1. The molecule has 3 rings (SSSR count). The summed E-state index contributed by atoms with van der Waals surface area (Å²) in [6.07, 6.45) is 6.03. The van der Waals surface area contributed by atoms with Gasteiger partial charge in [-0.25, -0.2) is 0 Å². The molecule has 0 bridgehead atoms. The average Bonchev–Trinajstić information content (AvgIpc) is 3.15. The highest BCUT2D eigenvalue weighted by Gasteiger charge is 2.31. The van der Waals surface area contributed by atoms with Crippen molar-refractivity contribution in [2.24, 2.45) is 0 Å². The van der Waals surface area contributed by atoms with Gasteiger partial charge in [-0.3, -0.25) is 4.90 Å². The van der Waals surface area contributed by atoms with Gasteiger partial charge in [-0.05, 0) is 19.4 Å². The number of hydrogen-bond acceptors (Lipinski definition) is 5. The predicted molar refractivity (Wildman–Crippen MR) is 79.0 cm³/mol. The van der Waals surface area contributed by atoms with Crippen molar-refractivity contribution in [3.8, 4) is 0 Å². The summed E-state index contributed by atoms with van der Waals surface area (Å²) in [5.74, 6) is 1.48. The number of likely N-dealkylation sites (N-methyl/N-ethyl adjacent to an activating group) is 1. The minimum atomic E-state index is -0.398. The molecule has 2 heterocycles. The molecule has 2 aliphatic rings. The van der Waals surface area contributed by atoms with Crippen molar-refractivity contribution < 1.29 is 14.4 Å². The zero-order valence-electron chi connectivity index (χ0n) is 12.8. The molecule has 0 unspecified atom stereocenters. The molecule has 0 amide bonds. The second-order valence-corrected chi connectivity index (χ2v) is 6.29. The molecule has 1 aliphatic carbocycles. The molecule has 2 fully saturated rings. The van der Waals surface area contributed by atoms with Crippen LogP contribution >= 0.6 is 0 Å².